The van der Waals surface area contributed by atoms with Crippen LogP contribution < -0.4 is 5.73 Å². The lowest BCUT2D eigenvalue weighted by Gasteiger charge is -2.35. The van der Waals surface area contributed by atoms with Crippen LogP contribution in [0.15, 0.2) is 36.4 Å². The Morgan fingerprint density at radius 2 is 1.90 bits per heavy atom. The van der Waals surface area contributed by atoms with E-state index in [0.29, 0.717) is 19.4 Å². The van der Waals surface area contributed by atoms with Crippen LogP contribution in [0.5, 0.6) is 0 Å². The van der Waals surface area contributed by atoms with E-state index in [-0.39, 0.29) is 5.91 Å². The van der Waals surface area contributed by atoms with Gasteiger partial charge in [-0.3, -0.25) is 4.79 Å². The number of hydrogen-bond donors (Lipinski definition) is 1. The molecule has 2 N–H and O–H groups in total. The lowest BCUT2D eigenvalue weighted by Crippen LogP contribution is -2.55. The average molecular weight is 272 g/mol. The normalized spacial score (nSPS) is 15.9. The lowest BCUT2D eigenvalue weighted by atomic mass is 9.91. The van der Waals surface area contributed by atoms with Crippen LogP contribution in [-0.2, 0) is 4.79 Å². The van der Waals surface area contributed by atoms with Gasteiger partial charge in [0.25, 0.3) is 0 Å². The van der Waals surface area contributed by atoms with Crippen molar-refractivity contribution < 1.29 is 4.79 Å². The highest BCUT2D eigenvalue weighted by Gasteiger charge is 2.34. The number of benzene rings is 1. The van der Waals surface area contributed by atoms with Crippen molar-refractivity contribution in [3.8, 4) is 0 Å². The quantitative estimate of drug-likeness (QED) is 0.916. The molecular formula is C17H24N2O. The third-order valence-electron chi connectivity index (χ3n) is 4.33. The maximum atomic E-state index is 12.5. The molecule has 1 aromatic carbocycles. The minimum absolute atomic E-state index is 0.0888. The first-order chi connectivity index (χ1) is 9.60. The molecule has 108 valence electrons. The largest absolute Gasteiger partial charge is 0.337 e. The van der Waals surface area contributed by atoms with Gasteiger partial charge in [-0.1, -0.05) is 50.3 Å². The van der Waals surface area contributed by atoms with E-state index in [9.17, 15) is 4.79 Å². The Balaban J connectivity index is 2.07. The number of amides is 1. The smallest absolute Gasteiger partial charge is 0.242 e. The van der Waals surface area contributed by atoms with Crippen molar-refractivity contribution >= 4 is 11.5 Å². The maximum Gasteiger partial charge on any atom is 0.242 e. The summed E-state index contributed by atoms with van der Waals surface area (Å²) >= 11 is 0. The standard InChI is InChI=1S/C17H24N2O/c1-3-17(18,4-2)16(20)19-12-10-15(11-13-19)14-8-6-5-7-9-14/h5-10H,3-4,11-13,18H2,1-2H3. The minimum Gasteiger partial charge on any atom is -0.337 e. The van der Waals surface area contributed by atoms with Gasteiger partial charge in [0, 0.05) is 13.1 Å². The molecule has 1 amide bonds. The van der Waals surface area contributed by atoms with E-state index in [1.54, 1.807) is 0 Å². The molecule has 0 atom stereocenters. The van der Waals surface area contributed by atoms with Gasteiger partial charge in [-0.2, -0.15) is 0 Å². The Bertz CT molecular complexity index is 489. The summed E-state index contributed by atoms with van der Waals surface area (Å²) in [5, 5.41) is 0. The Hall–Kier alpha value is -1.61. The zero-order chi connectivity index (χ0) is 14.6. The van der Waals surface area contributed by atoms with Crippen molar-refractivity contribution in [2.24, 2.45) is 5.73 Å². The molecule has 0 fully saturated rings. The lowest BCUT2D eigenvalue weighted by molar-refractivity contribution is -0.136. The summed E-state index contributed by atoms with van der Waals surface area (Å²) in [7, 11) is 0. The number of carbonyl (C=O) groups is 1. The highest BCUT2D eigenvalue weighted by Crippen LogP contribution is 2.24. The number of carbonyl (C=O) groups excluding carboxylic acids is 1. The Morgan fingerprint density at radius 1 is 1.25 bits per heavy atom. The van der Waals surface area contributed by atoms with E-state index in [1.807, 2.05) is 36.9 Å². The molecule has 20 heavy (non-hydrogen) atoms. The van der Waals surface area contributed by atoms with E-state index in [0.717, 1.165) is 13.0 Å². The fourth-order valence-corrected chi connectivity index (χ4v) is 2.64. The average Bonchev–Trinajstić information content (AvgIpc) is 2.54. The van der Waals surface area contributed by atoms with Crippen LogP contribution in [0, 0.1) is 0 Å². The molecule has 1 aliphatic rings. The van der Waals surface area contributed by atoms with Gasteiger partial charge in [-0.25, -0.2) is 0 Å². The second-order valence-electron chi connectivity index (χ2n) is 5.46. The SMILES string of the molecule is CCC(N)(CC)C(=O)N1CC=C(c2ccccc2)CC1. The minimum atomic E-state index is -0.696. The van der Waals surface area contributed by atoms with Gasteiger partial charge in [-0.15, -0.1) is 0 Å². The molecule has 0 aliphatic carbocycles. The van der Waals surface area contributed by atoms with Crippen molar-refractivity contribution in [2.45, 2.75) is 38.6 Å². The Morgan fingerprint density at radius 3 is 2.40 bits per heavy atom. The van der Waals surface area contributed by atoms with Crippen LogP contribution in [0.25, 0.3) is 5.57 Å². The van der Waals surface area contributed by atoms with Crippen LogP contribution in [0.2, 0.25) is 0 Å². The summed E-state index contributed by atoms with van der Waals surface area (Å²) in [5.41, 5.74) is 8.09. The predicted molar refractivity (Wildman–Crippen MR) is 83.1 cm³/mol. The zero-order valence-corrected chi connectivity index (χ0v) is 12.4. The van der Waals surface area contributed by atoms with Gasteiger partial charge in [0.05, 0.1) is 5.54 Å². The van der Waals surface area contributed by atoms with Gasteiger partial charge in [-0.05, 0) is 30.4 Å². The molecule has 1 heterocycles. The van der Waals surface area contributed by atoms with Crippen LogP contribution in [0.3, 0.4) is 0 Å². The molecule has 0 saturated carbocycles. The number of nitrogens with two attached hydrogens (primary N) is 1. The van der Waals surface area contributed by atoms with Gasteiger partial charge < -0.3 is 10.6 Å². The molecular weight excluding hydrogens is 248 g/mol. The third kappa shape index (κ3) is 2.93. The van der Waals surface area contributed by atoms with Gasteiger partial charge in [0.1, 0.15) is 0 Å². The molecule has 1 aliphatic heterocycles. The highest BCUT2D eigenvalue weighted by atomic mass is 16.2. The van der Waals surface area contributed by atoms with Crippen LogP contribution >= 0.6 is 0 Å². The van der Waals surface area contributed by atoms with Crippen LogP contribution in [0.4, 0.5) is 0 Å². The fourth-order valence-electron chi connectivity index (χ4n) is 2.64. The van der Waals surface area contributed by atoms with Crippen molar-refractivity contribution in [3.63, 3.8) is 0 Å². The number of hydrogen-bond acceptors (Lipinski definition) is 2. The van der Waals surface area contributed by atoms with Crippen molar-refractivity contribution in [2.75, 3.05) is 13.1 Å². The molecule has 0 saturated heterocycles. The molecule has 0 spiro atoms. The molecule has 1 aromatic rings. The van der Waals surface area contributed by atoms with Gasteiger partial charge >= 0.3 is 0 Å². The summed E-state index contributed by atoms with van der Waals surface area (Å²) in [6, 6.07) is 10.4. The van der Waals surface area contributed by atoms with Gasteiger partial charge in [0.15, 0.2) is 0 Å². The van der Waals surface area contributed by atoms with Crippen LogP contribution in [-0.4, -0.2) is 29.4 Å². The van der Waals surface area contributed by atoms with E-state index >= 15 is 0 Å². The van der Waals surface area contributed by atoms with E-state index in [2.05, 4.69) is 18.2 Å². The van der Waals surface area contributed by atoms with E-state index in [1.165, 1.54) is 11.1 Å². The van der Waals surface area contributed by atoms with Gasteiger partial charge in [0.2, 0.25) is 5.91 Å². The first-order valence-electron chi connectivity index (χ1n) is 7.43. The first-order valence-corrected chi connectivity index (χ1v) is 7.43. The molecule has 3 nitrogen and oxygen atoms in total. The second-order valence-corrected chi connectivity index (χ2v) is 5.46. The molecule has 0 bridgehead atoms. The molecule has 0 unspecified atom stereocenters. The zero-order valence-electron chi connectivity index (χ0n) is 12.4. The number of rotatable bonds is 4. The molecule has 2 rings (SSSR count). The molecule has 0 aromatic heterocycles. The summed E-state index contributed by atoms with van der Waals surface area (Å²) in [6.45, 7) is 5.40. The van der Waals surface area contributed by atoms with Crippen LogP contribution in [0.1, 0.15) is 38.7 Å². The van der Waals surface area contributed by atoms with Crippen molar-refractivity contribution in [1.29, 1.82) is 0 Å². The summed E-state index contributed by atoms with van der Waals surface area (Å²) in [6.07, 6.45) is 4.43. The van der Waals surface area contributed by atoms with E-state index < -0.39 is 5.54 Å². The second kappa shape index (κ2) is 6.23. The topological polar surface area (TPSA) is 46.3 Å². The van der Waals surface area contributed by atoms with Crippen molar-refractivity contribution in [3.05, 3.63) is 42.0 Å². The highest BCUT2D eigenvalue weighted by molar-refractivity contribution is 5.87. The molecule has 0 radical (unpaired) electrons. The fraction of sp³-hybridized carbons (Fsp3) is 0.471. The van der Waals surface area contributed by atoms with Crippen molar-refractivity contribution in [1.82, 2.24) is 4.90 Å². The third-order valence-corrected chi connectivity index (χ3v) is 4.33. The Kier molecular flexibility index (Phi) is 4.61. The summed E-state index contributed by atoms with van der Waals surface area (Å²) in [4.78, 5) is 14.4. The number of nitrogens with zero attached hydrogens (tertiary/aromatic N) is 1. The Labute approximate surface area is 121 Å². The summed E-state index contributed by atoms with van der Waals surface area (Å²) < 4.78 is 0. The molecule has 3 heteroatoms. The first kappa shape index (κ1) is 14.8. The monoisotopic (exact) mass is 272 g/mol. The predicted octanol–water partition coefficient (Wildman–Crippen LogP) is 2.82. The van der Waals surface area contributed by atoms with E-state index in [4.69, 9.17) is 5.73 Å². The maximum absolute atomic E-state index is 12.5. The summed E-state index contributed by atoms with van der Waals surface area (Å²) in [5.74, 6) is 0.0888.